The highest BCUT2D eigenvalue weighted by molar-refractivity contribution is 5.67. The second-order valence-corrected chi connectivity index (χ2v) is 7.89. The molecule has 0 aliphatic heterocycles. The molecule has 148 valence electrons. The number of ether oxygens (including phenoxy) is 3. The number of alkyl carbamates (subject to hydrolysis) is 1. The fraction of sp³-hybridized carbons (Fsp3) is 0.667. The van der Waals surface area contributed by atoms with E-state index in [4.69, 9.17) is 14.2 Å². The molecule has 0 spiro atoms. The fourth-order valence-corrected chi connectivity index (χ4v) is 2.73. The van der Waals surface area contributed by atoms with Gasteiger partial charge in [0.1, 0.15) is 11.4 Å². The summed E-state index contributed by atoms with van der Waals surface area (Å²) >= 11 is 0. The zero-order chi connectivity index (χ0) is 19.7. The van der Waals surface area contributed by atoms with Crippen LogP contribution in [0.25, 0.3) is 0 Å². The number of rotatable bonds is 9. The molecule has 0 radical (unpaired) electrons. The van der Waals surface area contributed by atoms with E-state index >= 15 is 0 Å². The number of methoxy groups -OCH3 is 1. The monoisotopic (exact) mass is 365 g/mol. The Labute approximate surface area is 158 Å². The average Bonchev–Trinajstić information content (AvgIpc) is 2.50. The van der Waals surface area contributed by atoms with Gasteiger partial charge in [-0.3, -0.25) is 0 Å². The zero-order valence-corrected chi connectivity index (χ0v) is 17.3. The van der Waals surface area contributed by atoms with Gasteiger partial charge in [-0.25, -0.2) is 4.79 Å². The van der Waals surface area contributed by atoms with Crippen LogP contribution in [0, 0.1) is 0 Å². The van der Waals surface area contributed by atoms with Gasteiger partial charge in [-0.2, -0.15) is 0 Å². The van der Waals surface area contributed by atoms with Crippen LogP contribution < -0.4 is 10.1 Å². The van der Waals surface area contributed by atoms with Crippen LogP contribution in [0.15, 0.2) is 18.2 Å². The summed E-state index contributed by atoms with van der Waals surface area (Å²) in [5.74, 6) is 0.765. The maximum Gasteiger partial charge on any atom is 0.407 e. The van der Waals surface area contributed by atoms with Gasteiger partial charge < -0.3 is 19.5 Å². The number of benzene rings is 1. The molecule has 0 aromatic heterocycles. The molecule has 0 saturated carbocycles. The standard InChI is InChI=1S/C21H35NO4/c1-15(2)25-16(3)9-8-10-17-11-12-19(24-7)18(13-17)14-22-20(23)26-21(4,5)6/h11-13,15-16H,8-10,14H2,1-7H3,(H,22,23). The number of carbonyl (C=O) groups excluding carboxylic acids is 1. The Morgan fingerprint density at radius 1 is 1.19 bits per heavy atom. The maximum atomic E-state index is 11.9. The highest BCUT2D eigenvalue weighted by Gasteiger charge is 2.16. The molecule has 1 rings (SSSR count). The normalized spacial score (nSPS) is 12.8. The van der Waals surface area contributed by atoms with Crippen molar-refractivity contribution in [3.8, 4) is 5.75 Å². The van der Waals surface area contributed by atoms with Crippen molar-refractivity contribution in [2.24, 2.45) is 0 Å². The summed E-state index contributed by atoms with van der Waals surface area (Å²) in [5, 5.41) is 2.79. The molecule has 1 aromatic rings. The van der Waals surface area contributed by atoms with Crippen molar-refractivity contribution in [1.82, 2.24) is 5.32 Å². The minimum absolute atomic E-state index is 0.261. The van der Waals surface area contributed by atoms with Gasteiger partial charge in [0.2, 0.25) is 0 Å². The molecule has 1 atom stereocenters. The van der Waals surface area contributed by atoms with E-state index in [2.05, 4.69) is 38.2 Å². The minimum atomic E-state index is -0.509. The number of amides is 1. The van der Waals surface area contributed by atoms with E-state index in [0.717, 1.165) is 30.6 Å². The Morgan fingerprint density at radius 3 is 2.46 bits per heavy atom. The third-order valence-corrected chi connectivity index (χ3v) is 3.75. The molecule has 5 nitrogen and oxygen atoms in total. The predicted octanol–water partition coefficient (Wildman–Crippen LogP) is 4.86. The first kappa shape index (κ1) is 22.3. The molecule has 0 saturated heterocycles. The van der Waals surface area contributed by atoms with Crippen LogP contribution in [-0.4, -0.2) is 31.0 Å². The molecule has 0 fully saturated rings. The lowest BCUT2D eigenvalue weighted by Gasteiger charge is -2.20. The van der Waals surface area contributed by atoms with Crippen LogP contribution in [0.4, 0.5) is 4.79 Å². The first-order valence-electron chi connectivity index (χ1n) is 9.39. The van der Waals surface area contributed by atoms with Gasteiger partial charge in [0.15, 0.2) is 0 Å². The third kappa shape index (κ3) is 9.09. The molecule has 1 amide bonds. The van der Waals surface area contributed by atoms with Crippen LogP contribution in [0.2, 0.25) is 0 Å². The lowest BCUT2D eigenvalue weighted by Crippen LogP contribution is -2.32. The van der Waals surface area contributed by atoms with Gasteiger partial charge in [0.05, 0.1) is 19.3 Å². The molecule has 1 N–H and O–H groups in total. The second kappa shape index (κ2) is 10.4. The first-order chi connectivity index (χ1) is 12.1. The summed E-state index contributed by atoms with van der Waals surface area (Å²) in [7, 11) is 1.64. The van der Waals surface area contributed by atoms with Gasteiger partial charge in [-0.1, -0.05) is 12.1 Å². The van der Waals surface area contributed by atoms with Crippen LogP contribution >= 0.6 is 0 Å². The van der Waals surface area contributed by atoms with Crippen molar-refractivity contribution in [3.05, 3.63) is 29.3 Å². The van der Waals surface area contributed by atoms with E-state index in [9.17, 15) is 4.79 Å². The molecule has 0 aliphatic rings. The lowest BCUT2D eigenvalue weighted by atomic mass is 10.0. The molecular weight excluding hydrogens is 330 g/mol. The van der Waals surface area contributed by atoms with E-state index < -0.39 is 11.7 Å². The van der Waals surface area contributed by atoms with Crippen molar-refractivity contribution < 1.29 is 19.0 Å². The van der Waals surface area contributed by atoms with E-state index in [1.807, 2.05) is 26.8 Å². The van der Waals surface area contributed by atoms with Crippen molar-refractivity contribution in [1.29, 1.82) is 0 Å². The lowest BCUT2D eigenvalue weighted by molar-refractivity contribution is 0.0135. The average molecular weight is 366 g/mol. The topological polar surface area (TPSA) is 56.8 Å². The highest BCUT2D eigenvalue weighted by Crippen LogP contribution is 2.21. The Balaban J connectivity index is 2.60. The van der Waals surface area contributed by atoms with E-state index in [-0.39, 0.29) is 12.2 Å². The first-order valence-corrected chi connectivity index (χ1v) is 9.39. The van der Waals surface area contributed by atoms with Crippen molar-refractivity contribution >= 4 is 6.09 Å². The summed E-state index contributed by atoms with van der Waals surface area (Å²) in [5.41, 5.74) is 1.66. The SMILES string of the molecule is COc1ccc(CCCC(C)OC(C)C)cc1CNC(=O)OC(C)(C)C. The van der Waals surface area contributed by atoms with Crippen LogP contribution in [0.5, 0.6) is 5.75 Å². The Kier molecular flexibility index (Phi) is 8.93. The number of carbonyl (C=O) groups is 1. The van der Waals surface area contributed by atoms with E-state index in [1.165, 1.54) is 5.56 Å². The molecule has 26 heavy (non-hydrogen) atoms. The Morgan fingerprint density at radius 2 is 1.88 bits per heavy atom. The number of aryl methyl sites for hydroxylation is 1. The molecule has 0 aliphatic carbocycles. The van der Waals surface area contributed by atoms with E-state index in [1.54, 1.807) is 7.11 Å². The maximum absolute atomic E-state index is 11.9. The summed E-state index contributed by atoms with van der Waals surface area (Å²) in [6.07, 6.45) is 3.15. The van der Waals surface area contributed by atoms with Crippen molar-refractivity contribution in [3.63, 3.8) is 0 Å². The van der Waals surface area contributed by atoms with E-state index in [0.29, 0.717) is 6.54 Å². The second-order valence-electron chi connectivity index (χ2n) is 7.89. The molecule has 1 unspecified atom stereocenters. The number of hydrogen-bond donors (Lipinski definition) is 1. The quantitative estimate of drug-likeness (QED) is 0.679. The summed E-state index contributed by atoms with van der Waals surface area (Å²) < 4.78 is 16.5. The molecule has 5 heteroatoms. The smallest absolute Gasteiger partial charge is 0.407 e. The summed E-state index contributed by atoms with van der Waals surface area (Å²) in [4.78, 5) is 11.9. The van der Waals surface area contributed by atoms with Gasteiger partial charge in [-0.05, 0) is 72.4 Å². The largest absolute Gasteiger partial charge is 0.496 e. The molecule has 1 aromatic carbocycles. The van der Waals surface area contributed by atoms with Crippen molar-refractivity contribution in [2.75, 3.05) is 7.11 Å². The Hall–Kier alpha value is -1.75. The van der Waals surface area contributed by atoms with Gasteiger partial charge in [0.25, 0.3) is 0 Å². The minimum Gasteiger partial charge on any atom is -0.496 e. The summed E-state index contributed by atoms with van der Waals surface area (Å²) in [6, 6.07) is 6.11. The molecular formula is C21H35NO4. The molecule has 0 bridgehead atoms. The fourth-order valence-electron chi connectivity index (χ4n) is 2.73. The van der Waals surface area contributed by atoms with Crippen LogP contribution in [-0.2, 0) is 22.4 Å². The molecule has 0 heterocycles. The highest BCUT2D eigenvalue weighted by atomic mass is 16.6. The Bertz CT molecular complexity index is 564. The van der Waals surface area contributed by atoms with Gasteiger partial charge >= 0.3 is 6.09 Å². The van der Waals surface area contributed by atoms with Crippen molar-refractivity contribution in [2.45, 2.75) is 85.2 Å². The van der Waals surface area contributed by atoms with Crippen LogP contribution in [0.3, 0.4) is 0 Å². The van der Waals surface area contributed by atoms with Gasteiger partial charge in [0, 0.05) is 12.1 Å². The number of nitrogens with one attached hydrogen (secondary N) is 1. The summed E-state index contributed by atoms with van der Waals surface area (Å²) in [6.45, 7) is 12.1. The predicted molar refractivity (Wildman–Crippen MR) is 105 cm³/mol. The number of hydrogen-bond acceptors (Lipinski definition) is 4. The third-order valence-electron chi connectivity index (χ3n) is 3.75. The zero-order valence-electron chi connectivity index (χ0n) is 17.3. The van der Waals surface area contributed by atoms with Gasteiger partial charge in [-0.15, -0.1) is 0 Å². The van der Waals surface area contributed by atoms with Crippen LogP contribution in [0.1, 0.15) is 65.5 Å².